The van der Waals surface area contributed by atoms with Crippen molar-refractivity contribution in [2.24, 2.45) is 0 Å². The predicted octanol–water partition coefficient (Wildman–Crippen LogP) is 3.61. The van der Waals surface area contributed by atoms with E-state index in [1.165, 1.54) is 14.7 Å². The molecular formula is C14H10INO. The van der Waals surface area contributed by atoms with Crippen LogP contribution in [0.4, 0.5) is 0 Å². The van der Waals surface area contributed by atoms with Crippen LogP contribution in [0.2, 0.25) is 0 Å². The van der Waals surface area contributed by atoms with Crippen molar-refractivity contribution in [1.82, 2.24) is 4.98 Å². The molecule has 0 radical (unpaired) electrons. The van der Waals surface area contributed by atoms with Gasteiger partial charge in [-0.05, 0) is 58.0 Å². The molecule has 1 aromatic carbocycles. The number of pyridine rings is 1. The molecule has 0 atom stereocenters. The van der Waals surface area contributed by atoms with Crippen LogP contribution in [0, 0.1) is 3.57 Å². The summed E-state index contributed by atoms with van der Waals surface area (Å²) in [5.41, 5.74) is 4.45. The highest BCUT2D eigenvalue weighted by atomic mass is 127. The Bertz CT molecular complexity index is 578. The lowest BCUT2D eigenvalue weighted by atomic mass is 9.97. The van der Waals surface area contributed by atoms with E-state index in [4.69, 9.17) is 4.74 Å². The molecule has 1 aromatic heterocycles. The molecule has 17 heavy (non-hydrogen) atoms. The summed E-state index contributed by atoms with van der Waals surface area (Å²) < 4.78 is 6.73. The molecule has 3 rings (SSSR count). The first-order chi connectivity index (χ1) is 8.34. The number of ether oxygens (including phenoxy) is 1. The van der Waals surface area contributed by atoms with Crippen LogP contribution in [0.15, 0.2) is 48.9 Å². The second kappa shape index (κ2) is 4.49. The van der Waals surface area contributed by atoms with Crippen LogP contribution in [0.5, 0.6) is 0 Å². The maximum absolute atomic E-state index is 5.50. The Morgan fingerprint density at radius 2 is 2.12 bits per heavy atom. The smallest absolute Gasteiger partial charge is 0.113 e. The highest BCUT2D eigenvalue weighted by Gasteiger charge is 2.16. The summed E-state index contributed by atoms with van der Waals surface area (Å²) in [6.07, 6.45) is 3.61. The lowest BCUT2D eigenvalue weighted by molar-refractivity contribution is 0.233. The minimum absolute atomic E-state index is 0.641. The SMILES string of the molecule is Ic1ccc2c(c1)C(c1ccccn1)=COC2. The van der Waals surface area contributed by atoms with Crippen LogP contribution in [0.25, 0.3) is 5.57 Å². The first kappa shape index (κ1) is 10.8. The summed E-state index contributed by atoms with van der Waals surface area (Å²) in [5, 5.41) is 0. The molecule has 0 fully saturated rings. The van der Waals surface area contributed by atoms with E-state index in [9.17, 15) is 0 Å². The standard InChI is InChI=1S/C14H10INO/c15-11-5-4-10-8-17-9-13(12(10)7-11)14-3-1-2-6-16-14/h1-7,9H,8H2. The summed E-state index contributed by atoms with van der Waals surface area (Å²) in [4.78, 5) is 4.38. The zero-order valence-electron chi connectivity index (χ0n) is 9.06. The lowest BCUT2D eigenvalue weighted by Crippen LogP contribution is -2.04. The molecule has 0 aliphatic carbocycles. The van der Waals surface area contributed by atoms with Crippen LogP contribution in [0.3, 0.4) is 0 Å². The van der Waals surface area contributed by atoms with Crippen molar-refractivity contribution in [3.63, 3.8) is 0 Å². The molecule has 2 aromatic rings. The van der Waals surface area contributed by atoms with Crippen LogP contribution in [0.1, 0.15) is 16.8 Å². The Hall–Kier alpha value is -1.36. The number of benzene rings is 1. The van der Waals surface area contributed by atoms with Gasteiger partial charge in [-0.1, -0.05) is 12.1 Å². The largest absolute Gasteiger partial charge is 0.496 e. The quantitative estimate of drug-likeness (QED) is 0.743. The highest BCUT2D eigenvalue weighted by molar-refractivity contribution is 14.1. The number of fused-ring (bicyclic) bond motifs is 1. The molecule has 2 nitrogen and oxygen atoms in total. The van der Waals surface area contributed by atoms with E-state index in [1.54, 1.807) is 12.5 Å². The van der Waals surface area contributed by atoms with Crippen molar-refractivity contribution in [3.8, 4) is 0 Å². The summed E-state index contributed by atoms with van der Waals surface area (Å²) in [5.74, 6) is 0. The topological polar surface area (TPSA) is 22.1 Å². The van der Waals surface area contributed by atoms with Gasteiger partial charge in [-0.25, -0.2) is 0 Å². The molecule has 0 amide bonds. The Balaban J connectivity index is 2.14. The monoisotopic (exact) mass is 335 g/mol. The van der Waals surface area contributed by atoms with Gasteiger partial charge in [0.05, 0.1) is 12.0 Å². The molecule has 1 aliphatic heterocycles. The first-order valence-electron chi connectivity index (χ1n) is 5.36. The molecule has 1 aliphatic rings. The second-order valence-electron chi connectivity index (χ2n) is 3.86. The van der Waals surface area contributed by atoms with Gasteiger partial charge in [0.15, 0.2) is 0 Å². The van der Waals surface area contributed by atoms with Gasteiger partial charge in [0.25, 0.3) is 0 Å². The van der Waals surface area contributed by atoms with Crippen molar-refractivity contribution in [1.29, 1.82) is 0 Å². The molecule has 0 unspecified atom stereocenters. The number of hydrogen-bond acceptors (Lipinski definition) is 2. The summed E-state index contributed by atoms with van der Waals surface area (Å²) >= 11 is 2.33. The van der Waals surface area contributed by atoms with Crippen molar-refractivity contribution >= 4 is 28.2 Å². The van der Waals surface area contributed by atoms with Gasteiger partial charge in [0, 0.05) is 15.3 Å². The third kappa shape index (κ3) is 2.07. The maximum atomic E-state index is 5.50. The number of halogens is 1. The van der Waals surface area contributed by atoms with E-state index < -0.39 is 0 Å². The molecule has 3 heteroatoms. The number of aromatic nitrogens is 1. The van der Waals surface area contributed by atoms with Gasteiger partial charge in [-0.2, -0.15) is 0 Å². The fourth-order valence-electron chi connectivity index (χ4n) is 1.92. The molecule has 84 valence electrons. The third-order valence-corrected chi connectivity index (χ3v) is 3.41. The van der Waals surface area contributed by atoms with Gasteiger partial charge in [-0.15, -0.1) is 0 Å². The molecule has 0 saturated carbocycles. The molecule has 2 heterocycles. The van der Waals surface area contributed by atoms with Gasteiger partial charge in [0.1, 0.15) is 6.61 Å². The van der Waals surface area contributed by atoms with E-state index in [0.29, 0.717) is 6.61 Å². The molecule has 0 spiro atoms. The van der Waals surface area contributed by atoms with Crippen LogP contribution >= 0.6 is 22.6 Å². The van der Waals surface area contributed by atoms with Gasteiger partial charge >= 0.3 is 0 Å². The van der Waals surface area contributed by atoms with Crippen molar-refractivity contribution in [3.05, 3.63) is 69.2 Å². The minimum atomic E-state index is 0.641. The molecule has 0 bridgehead atoms. The van der Waals surface area contributed by atoms with E-state index in [-0.39, 0.29) is 0 Å². The first-order valence-corrected chi connectivity index (χ1v) is 6.44. The maximum Gasteiger partial charge on any atom is 0.113 e. The van der Waals surface area contributed by atoms with Crippen molar-refractivity contribution in [2.75, 3.05) is 0 Å². The van der Waals surface area contributed by atoms with E-state index >= 15 is 0 Å². The third-order valence-electron chi connectivity index (χ3n) is 2.74. The van der Waals surface area contributed by atoms with Crippen LogP contribution in [-0.2, 0) is 11.3 Å². The summed E-state index contributed by atoms with van der Waals surface area (Å²) in [6, 6.07) is 12.3. The highest BCUT2D eigenvalue weighted by Crippen LogP contribution is 2.30. The summed E-state index contributed by atoms with van der Waals surface area (Å²) in [7, 11) is 0. The normalized spacial score (nSPS) is 13.6. The van der Waals surface area contributed by atoms with E-state index in [1.807, 2.05) is 18.2 Å². The van der Waals surface area contributed by atoms with E-state index in [2.05, 4.69) is 45.8 Å². The molecular weight excluding hydrogens is 325 g/mol. The number of rotatable bonds is 1. The van der Waals surface area contributed by atoms with Crippen LogP contribution < -0.4 is 0 Å². The van der Waals surface area contributed by atoms with Crippen molar-refractivity contribution in [2.45, 2.75) is 6.61 Å². The molecule has 0 N–H and O–H groups in total. The predicted molar refractivity (Wildman–Crippen MR) is 75.3 cm³/mol. The average Bonchev–Trinajstić information content (AvgIpc) is 2.39. The van der Waals surface area contributed by atoms with Crippen molar-refractivity contribution < 1.29 is 4.74 Å². The molecule has 0 saturated heterocycles. The fourth-order valence-corrected chi connectivity index (χ4v) is 2.42. The zero-order valence-corrected chi connectivity index (χ0v) is 11.2. The average molecular weight is 335 g/mol. The Morgan fingerprint density at radius 1 is 1.18 bits per heavy atom. The fraction of sp³-hybridized carbons (Fsp3) is 0.0714. The Morgan fingerprint density at radius 3 is 2.94 bits per heavy atom. The van der Waals surface area contributed by atoms with Crippen LogP contribution in [-0.4, -0.2) is 4.98 Å². The zero-order chi connectivity index (χ0) is 11.7. The number of hydrogen-bond donors (Lipinski definition) is 0. The van der Waals surface area contributed by atoms with Gasteiger partial charge in [-0.3, -0.25) is 4.98 Å². The van der Waals surface area contributed by atoms with Gasteiger partial charge < -0.3 is 4.74 Å². The lowest BCUT2D eigenvalue weighted by Gasteiger charge is -2.18. The number of nitrogens with zero attached hydrogens (tertiary/aromatic N) is 1. The second-order valence-corrected chi connectivity index (χ2v) is 5.10. The Kier molecular flexibility index (Phi) is 2.84. The Labute approximate surface area is 113 Å². The summed E-state index contributed by atoms with van der Waals surface area (Å²) in [6.45, 7) is 0.641. The minimum Gasteiger partial charge on any atom is -0.496 e. The van der Waals surface area contributed by atoms with Gasteiger partial charge in [0.2, 0.25) is 0 Å². The van der Waals surface area contributed by atoms with E-state index in [0.717, 1.165) is 11.3 Å².